The number of hydrogen-bond acceptors (Lipinski definition) is 4. The molecule has 0 radical (unpaired) electrons. The summed E-state index contributed by atoms with van der Waals surface area (Å²) < 4.78 is 0. The Labute approximate surface area is 156 Å². The van der Waals surface area contributed by atoms with E-state index in [9.17, 15) is 14.9 Å². The summed E-state index contributed by atoms with van der Waals surface area (Å²) in [5.74, 6) is -0.121. The average Bonchev–Trinajstić information content (AvgIpc) is 2.97. The van der Waals surface area contributed by atoms with E-state index in [1.165, 1.54) is 6.07 Å². The minimum atomic E-state index is -0.432. The molecule has 27 heavy (non-hydrogen) atoms. The zero-order valence-electron chi connectivity index (χ0n) is 14.8. The predicted octanol–water partition coefficient (Wildman–Crippen LogP) is 4.23. The summed E-state index contributed by atoms with van der Waals surface area (Å²) >= 11 is 0. The van der Waals surface area contributed by atoms with Gasteiger partial charge < -0.3 is 9.88 Å². The van der Waals surface area contributed by atoms with Gasteiger partial charge in [-0.15, -0.1) is 0 Å². The van der Waals surface area contributed by atoms with Crippen molar-refractivity contribution >= 4 is 22.5 Å². The van der Waals surface area contributed by atoms with Crippen molar-refractivity contribution in [3.05, 3.63) is 70.2 Å². The molecule has 0 saturated carbocycles. The summed E-state index contributed by atoms with van der Waals surface area (Å²) in [6.07, 6.45) is 7.49. The number of para-hydroxylation sites is 1. The lowest BCUT2D eigenvalue weighted by Crippen LogP contribution is -2.35. The molecule has 1 aromatic carbocycles. The van der Waals surface area contributed by atoms with Crippen LogP contribution in [-0.4, -0.2) is 32.2 Å². The fraction of sp³-hybridized carbons (Fsp3) is 0.300. The molecule has 1 aliphatic heterocycles. The monoisotopic (exact) mass is 364 g/mol. The Hall–Kier alpha value is -3.22. The van der Waals surface area contributed by atoms with Gasteiger partial charge in [-0.3, -0.25) is 19.9 Å². The molecule has 1 atom stereocenters. The van der Waals surface area contributed by atoms with Crippen LogP contribution in [0, 0.1) is 10.1 Å². The molecule has 4 rings (SSSR count). The number of carbonyl (C=O) groups excluding carboxylic acids is 1. The first kappa shape index (κ1) is 17.2. The summed E-state index contributed by atoms with van der Waals surface area (Å²) in [5.41, 5.74) is 1.83. The molecule has 0 spiro atoms. The number of carbonyl (C=O) groups is 1. The van der Waals surface area contributed by atoms with E-state index in [2.05, 4.69) is 9.97 Å². The maximum atomic E-state index is 13.3. The van der Waals surface area contributed by atoms with Crippen LogP contribution in [0.15, 0.2) is 48.8 Å². The van der Waals surface area contributed by atoms with Crippen LogP contribution in [0.1, 0.15) is 47.8 Å². The van der Waals surface area contributed by atoms with Crippen LogP contribution < -0.4 is 0 Å². The standard InChI is InChI=1S/C20H20N4O3/c25-20(16-13-15-5-4-7-18(24(26)27)19(15)22-16)23-12-3-1-2-6-17(23)14-8-10-21-11-9-14/h4-5,7-11,13,17,22H,1-3,6,12H2/t17-/m0/s1. The number of aromatic amines is 1. The normalized spacial score (nSPS) is 17.6. The van der Waals surface area contributed by atoms with Crippen molar-refractivity contribution < 1.29 is 9.72 Å². The van der Waals surface area contributed by atoms with Crippen LogP contribution in [-0.2, 0) is 0 Å². The Morgan fingerprint density at radius 2 is 2.00 bits per heavy atom. The van der Waals surface area contributed by atoms with Gasteiger partial charge in [0.2, 0.25) is 0 Å². The Kier molecular flexibility index (Phi) is 4.58. The summed E-state index contributed by atoms with van der Waals surface area (Å²) in [5, 5.41) is 11.9. The highest BCUT2D eigenvalue weighted by atomic mass is 16.6. The molecule has 0 aliphatic carbocycles. The maximum absolute atomic E-state index is 13.3. The second kappa shape index (κ2) is 7.19. The van der Waals surface area contributed by atoms with E-state index in [0.717, 1.165) is 31.2 Å². The number of nitrogens with one attached hydrogen (secondary N) is 1. The van der Waals surface area contributed by atoms with Crippen molar-refractivity contribution in [1.29, 1.82) is 0 Å². The predicted molar refractivity (Wildman–Crippen MR) is 101 cm³/mol. The number of nitro groups is 1. The van der Waals surface area contributed by atoms with E-state index in [1.807, 2.05) is 17.0 Å². The zero-order chi connectivity index (χ0) is 18.8. The Morgan fingerprint density at radius 3 is 2.78 bits per heavy atom. The lowest BCUT2D eigenvalue weighted by Gasteiger charge is -2.30. The Morgan fingerprint density at radius 1 is 1.19 bits per heavy atom. The number of aromatic nitrogens is 2. The second-order valence-electron chi connectivity index (χ2n) is 6.83. The highest BCUT2D eigenvalue weighted by Crippen LogP contribution is 2.32. The molecule has 3 aromatic rings. The van der Waals surface area contributed by atoms with Gasteiger partial charge in [-0.2, -0.15) is 0 Å². The van der Waals surface area contributed by atoms with Gasteiger partial charge >= 0.3 is 0 Å². The molecule has 2 aromatic heterocycles. The first-order valence-electron chi connectivity index (χ1n) is 9.12. The Balaban J connectivity index is 1.72. The van der Waals surface area contributed by atoms with Crippen molar-refractivity contribution in [2.75, 3.05) is 6.54 Å². The van der Waals surface area contributed by atoms with E-state index in [4.69, 9.17) is 0 Å². The fourth-order valence-electron chi connectivity index (χ4n) is 3.85. The molecule has 138 valence electrons. The molecular weight excluding hydrogens is 344 g/mol. The third-order valence-corrected chi connectivity index (χ3v) is 5.17. The highest BCUT2D eigenvalue weighted by molar-refractivity contribution is 6.00. The smallest absolute Gasteiger partial charge is 0.293 e. The van der Waals surface area contributed by atoms with Gasteiger partial charge in [-0.1, -0.05) is 25.0 Å². The molecule has 0 unspecified atom stereocenters. The molecule has 1 aliphatic rings. The number of fused-ring (bicyclic) bond motifs is 1. The highest BCUT2D eigenvalue weighted by Gasteiger charge is 2.29. The average molecular weight is 364 g/mol. The number of rotatable bonds is 3. The SMILES string of the molecule is O=C(c1cc2cccc([N+](=O)[O-])c2[nH]1)N1CCCCC[C@H]1c1ccncc1. The van der Waals surface area contributed by atoms with Gasteiger partial charge in [0.1, 0.15) is 11.2 Å². The summed E-state index contributed by atoms with van der Waals surface area (Å²) in [6.45, 7) is 0.670. The van der Waals surface area contributed by atoms with Crippen molar-refractivity contribution in [2.45, 2.75) is 31.7 Å². The van der Waals surface area contributed by atoms with E-state index in [-0.39, 0.29) is 17.6 Å². The zero-order valence-corrected chi connectivity index (χ0v) is 14.8. The lowest BCUT2D eigenvalue weighted by molar-refractivity contribution is -0.383. The topological polar surface area (TPSA) is 92.1 Å². The Bertz CT molecular complexity index is 983. The van der Waals surface area contributed by atoms with E-state index >= 15 is 0 Å². The van der Waals surface area contributed by atoms with Crippen LogP contribution >= 0.6 is 0 Å². The lowest BCUT2D eigenvalue weighted by atomic mass is 10.0. The van der Waals surface area contributed by atoms with Gasteiger partial charge in [-0.25, -0.2) is 0 Å². The number of non-ortho nitro benzene ring substituents is 1. The largest absolute Gasteiger partial charge is 0.345 e. The molecule has 1 N–H and O–H groups in total. The van der Waals surface area contributed by atoms with E-state index in [0.29, 0.717) is 23.1 Å². The number of H-pyrrole nitrogens is 1. The number of nitro benzene ring substituents is 1. The number of amides is 1. The fourth-order valence-corrected chi connectivity index (χ4v) is 3.85. The molecule has 7 heteroatoms. The maximum Gasteiger partial charge on any atom is 0.293 e. The van der Waals surface area contributed by atoms with Crippen LogP contribution in [0.4, 0.5) is 5.69 Å². The number of nitrogens with zero attached hydrogens (tertiary/aromatic N) is 3. The summed E-state index contributed by atoms with van der Waals surface area (Å²) in [6, 6.07) is 10.5. The molecule has 1 saturated heterocycles. The van der Waals surface area contributed by atoms with E-state index < -0.39 is 4.92 Å². The molecule has 1 amide bonds. The first-order chi connectivity index (χ1) is 13.1. The van der Waals surface area contributed by atoms with Crippen LogP contribution in [0.2, 0.25) is 0 Å². The van der Waals surface area contributed by atoms with Crippen molar-refractivity contribution in [1.82, 2.24) is 14.9 Å². The molecule has 1 fully saturated rings. The van der Waals surface area contributed by atoms with Crippen LogP contribution in [0.25, 0.3) is 10.9 Å². The summed E-state index contributed by atoms with van der Waals surface area (Å²) in [7, 11) is 0. The second-order valence-corrected chi connectivity index (χ2v) is 6.83. The molecule has 7 nitrogen and oxygen atoms in total. The third kappa shape index (κ3) is 3.28. The number of benzene rings is 1. The quantitative estimate of drug-likeness (QED) is 0.556. The summed E-state index contributed by atoms with van der Waals surface area (Å²) in [4.78, 5) is 33.1. The van der Waals surface area contributed by atoms with Gasteiger partial charge in [0.25, 0.3) is 11.6 Å². The minimum absolute atomic E-state index is 0.00982. The number of hydrogen-bond donors (Lipinski definition) is 1. The van der Waals surface area contributed by atoms with Crippen molar-refractivity contribution in [2.24, 2.45) is 0 Å². The van der Waals surface area contributed by atoms with Crippen LogP contribution in [0.3, 0.4) is 0 Å². The molecular formula is C20H20N4O3. The third-order valence-electron chi connectivity index (χ3n) is 5.17. The van der Waals surface area contributed by atoms with Crippen molar-refractivity contribution in [3.63, 3.8) is 0 Å². The van der Waals surface area contributed by atoms with Crippen molar-refractivity contribution in [3.8, 4) is 0 Å². The van der Waals surface area contributed by atoms with Gasteiger partial charge in [0.15, 0.2) is 0 Å². The van der Waals surface area contributed by atoms with E-state index in [1.54, 1.807) is 30.6 Å². The number of likely N-dealkylation sites (tertiary alicyclic amines) is 1. The molecule has 3 heterocycles. The van der Waals surface area contributed by atoms with Gasteiger partial charge in [0, 0.05) is 30.4 Å². The van der Waals surface area contributed by atoms with Gasteiger partial charge in [-0.05, 0) is 36.6 Å². The van der Waals surface area contributed by atoms with Gasteiger partial charge in [0.05, 0.1) is 11.0 Å². The minimum Gasteiger partial charge on any atom is -0.345 e. The first-order valence-corrected chi connectivity index (χ1v) is 9.12. The molecule has 0 bridgehead atoms. The van der Waals surface area contributed by atoms with Crippen LogP contribution in [0.5, 0.6) is 0 Å². The number of pyridine rings is 1.